The zero-order chi connectivity index (χ0) is 33.9. The van der Waals surface area contributed by atoms with E-state index in [2.05, 4.69) is 22.6 Å². The molecule has 1 aromatic rings. The van der Waals surface area contributed by atoms with E-state index in [0.29, 0.717) is 132 Å². The van der Waals surface area contributed by atoms with Gasteiger partial charge in [0.1, 0.15) is 0 Å². The minimum atomic E-state index is -3.77. The topological polar surface area (TPSA) is 145 Å². The molecule has 47 heavy (non-hydrogen) atoms. The minimum absolute atomic E-state index is 0.0588. The van der Waals surface area contributed by atoms with Crippen LogP contribution in [0.5, 0.6) is 0 Å². The fourth-order valence-electron chi connectivity index (χ4n) is 3.33. The monoisotopic (exact) mass is 810 g/mol. The highest BCUT2D eigenvalue weighted by molar-refractivity contribution is 14.1. The average Bonchev–Trinajstić information content (AvgIpc) is 3.06. The van der Waals surface area contributed by atoms with Crippen LogP contribution in [0, 0.1) is 6.92 Å². The molecule has 0 aliphatic rings. The van der Waals surface area contributed by atoms with Crippen LogP contribution in [0.25, 0.3) is 0 Å². The second-order valence-electron chi connectivity index (χ2n) is 9.51. The molecular weight excluding hydrogens is 755 g/mol. The van der Waals surface area contributed by atoms with Crippen molar-refractivity contribution in [2.24, 2.45) is 0 Å². The fourth-order valence-corrected chi connectivity index (χ4v) is 4.54. The van der Waals surface area contributed by atoms with Gasteiger partial charge >= 0.3 is 0 Å². The molecule has 16 heteroatoms. The quantitative estimate of drug-likeness (QED) is 0.0420. The third kappa shape index (κ3) is 30.0. The van der Waals surface area contributed by atoms with Crippen LogP contribution < -0.4 is 0 Å². The maximum absolute atomic E-state index is 12.1. The molecule has 0 atom stereocenters. The van der Waals surface area contributed by atoms with E-state index in [0.717, 1.165) is 16.6 Å². The van der Waals surface area contributed by atoms with Crippen LogP contribution in [-0.2, 0) is 66.4 Å². The number of alkyl halides is 1. The first kappa shape index (κ1) is 44.4. The predicted octanol–water partition coefficient (Wildman–Crippen LogP) is 2.32. The molecule has 14 nitrogen and oxygen atoms in total. The van der Waals surface area contributed by atoms with Crippen molar-refractivity contribution < 1.29 is 64.7 Å². The highest BCUT2D eigenvalue weighted by Gasteiger charge is 2.14. The van der Waals surface area contributed by atoms with Gasteiger partial charge in [0.25, 0.3) is 10.1 Å². The Kier molecular flexibility index (Phi) is 32.1. The van der Waals surface area contributed by atoms with Crippen molar-refractivity contribution in [3.05, 3.63) is 29.8 Å². The Bertz CT molecular complexity index is 895. The van der Waals surface area contributed by atoms with Crippen molar-refractivity contribution in [3.63, 3.8) is 0 Å². The van der Waals surface area contributed by atoms with Crippen molar-refractivity contribution in [3.8, 4) is 0 Å². The van der Waals surface area contributed by atoms with E-state index in [9.17, 15) is 8.42 Å². The number of hydrogen-bond donors (Lipinski definition) is 0. The molecule has 0 bridgehead atoms. The summed E-state index contributed by atoms with van der Waals surface area (Å²) in [7, 11) is -3.77. The summed E-state index contributed by atoms with van der Waals surface area (Å²) in [5.41, 5.74) is 0.975. The van der Waals surface area contributed by atoms with Gasteiger partial charge in [0, 0.05) is 4.43 Å². The van der Waals surface area contributed by atoms with Gasteiger partial charge in [-0.2, -0.15) is 8.42 Å². The lowest BCUT2D eigenvalue weighted by Crippen LogP contribution is -2.16. The SMILES string of the molecule is Cc1ccc(S(=O)(=O)OCCOCCOCCOCCOCCOCCOCCOCCOCCOCCOCCOCCI)cc1. The molecule has 0 aromatic heterocycles. The Hall–Kier alpha value is -0.580. The molecule has 276 valence electrons. The van der Waals surface area contributed by atoms with Gasteiger partial charge in [-0.05, 0) is 19.1 Å². The molecule has 0 aliphatic heterocycles. The summed E-state index contributed by atoms with van der Waals surface area (Å²) < 4.78 is 89.8. The van der Waals surface area contributed by atoms with Gasteiger partial charge in [0.05, 0.1) is 157 Å². The molecule has 1 aromatic carbocycles. The van der Waals surface area contributed by atoms with E-state index in [1.54, 1.807) is 12.1 Å². The predicted molar refractivity (Wildman–Crippen MR) is 182 cm³/mol. The number of hydrogen-bond acceptors (Lipinski definition) is 14. The summed E-state index contributed by atoms with van der Waals surface area (Å²) in [6.45, 7) is 12.5. The molecule has 0 N–H and O–H groups in total. The van der Waals surface area contributed by atoms with Crippen molar-refractivity contribution >= 4 is 32.7 Å². The van der Waals surface area contributed by atoms with E-state index >= 15 is 0 Å². The van der Waals surface area contributed by atoms with Crippen molar-refractivity contribution in [1.82, 2.24) is 0 Å². The summed E-state index contributed by atoms with van der Waals surface area (Å²) in [5.74, 6) is 0. The summed E-state index contributed by atoms with van der Waals surface area (Å²) in [6.07, 6.45) is 0. The molecule has 0 unspecified atom stereocenters. The van der Waals surface area contributed by atoms with E-state index < -0.39 is 10.1 Å². The molecule has 0 saturated heterocycles. The third-order valence-electron chi connectivity index (χ3n) is 5.72. The highest BCUT2D eigenvalue weighted by Crippen LogP contribution is 2.12. The van der Waals surface area contributed by atoms with Crippen LogP contribution in [0.4, 0.5) is 0 Å². The van der Waals surface area contributed by atoms with E-state index in [4.69, 9.17) is 56.3 Å². The zero-order valence-electron chi connectivity index (χ0n) is 27.8. The third-order valence-corrected chi connectivity index (χ3v) is 7.48. The first-order valence-corrected chi connectivity index (χ1v) is 18.9. The van der Waals surface area contributed by atoms with Crippen LogP contribution in [-0.4, -0.2) is 165 Å². The molecule has 0 radical (unpaired) electrons. The number of benzene rings is 1. The number of rotatable bonds is 37. The van der Waals surface area contributed by atoms with Gasteiger partial charge < -0.3 is 52.1 Å². The van der Waals surface area contributed by atoms with Crippen molar-refractivity contribution in [2.75, 3.05) is 156 Å². The van der Waals surface area contributed by atoms with E-state index in [1.165, 1.54) is 12.1 Å². The molecule has 0 saturated carbocycles. The smallest absolute Gasteiger partial charge is 0.297 e. The van der Waals surface area contributed by atoms with Crippen molar-refractivity contribution in [2.45, 2.75) is 11.8 Å². The van der Waals surface area contributed by atoms with Gasteiger partial charge in [-0.15, -0.1) is 0 Å². The maximum atomic E-state index is 12.1. The number of halogens is 1. The van der Waals surface area contributed by atoms with Crippen LogP contribution in [0.1, 0.15) is 5.56 Å². The van der Waals surface area contributed by atoms with E-state index in [1.807, 2.05) is 6.92 Å². The van der Waals surface area contributed by atoms with Gasteiger partial charge in [-0.1, -0.05) is 40.3 Å². The number of aryl methyl sites for hydroxylation is 1. The Labute approximate surface area is 294 Å². The molecular formula is C31H55IO14S. The Morgan fingerprint density at radius 1 is 0.404 bits per heavy atom. The molecule has 0 heterocycles. The van der Waals surface area contributed by atoms with E-state index in [-0.39, 0.29) is 18.1 Å². The Morgan fingerprint density at radius 3 is 0.894 bits per heavy atom. The first-order valence-electron chi connectivity index (χ1n) is 15.9. The van der Waals surface area contributed by atoms with Gasteiger partial charge in [0.15, 0.2) is 0 Å². The summed E-state index contributed by atoms with van der Waals surface area (Å²) in [5, 5.41) is 0. The highest BCUT2D eigenvalue weighted by atomic mass is 127. The average molecular weight is 811 g/mol. The van der Waals surface area contributed by atoms with Crippen LogP contribution >= 0.6 is 22.6 Å². The lowest BCUT2D eigenvalue weighted by atomic mass is 10.2. The summed E-state index contributed by atoms with van der Waals surface area (Å²) >= 11 is 2.27. The largest absolute Gasteiger partial charge is 0.378 e. The summed E-state index contributed by atoms with van der Waals surface area (Å²) in [6, 6.07) is 6.48. The lowest BCUT2D eigenvalue weighted by Gasteiger charge is -2.09. The van der Waals surface area contributed by atoms with Crippen LogP contribution in [0.3, 0.4) is 0 Å². The molecule has 0 spiro atoms. The van der Waals surface area contributed by atoms with Crippen LogP contribution in [0.2, 0.25) is 0 Å². The number of ether oxygens (including phenoxy) is 11. The molecule has 0 aliphatic carbocycles. The van der Waals surface area contributed by atoms with Gasteiger partial charge in [-0.3, -0.25) is 4.18 Å². The Morgan fingerprint density at radius 2 is 0.638 bits per heavy atom. The maximum Gasteiger partial charge on any atom is 0.297 e. The molecule has 0 amide bonds. The standard InChI is InChI=1S/C31H55IO14S/c1-30-2-4-31(5-3-30)47(33,34)46-29-28-45-27-26-44-25-24-43-23-22-42-21-20-41-19-18-40-17-16-39-15-14-38-13-12-37-11-10-36-9-8-35-7-6-32/h2-5H,6-29H2,1H3. The second-order valence-corrected chi connectivity index (χ2v) is 12.2. The second kappa shape index (κ2) is 33.9. The normalized spacial score (nSPS) is 11.9. The van der Waals surface area contributed by atoms with Crippen LogP contribution in [0.15, 0.2) is 29.2 Å². The minimum Gasteiger partial charge on any atom is -0.378 e. The van der Waals surface area contributed by atoms with Crippen molar-refractivity contribution in [1.29, 1.82) is 0 Å². The van der Waals surface area contributed by atoms with Gasteiger partial charge in [0.2, 0.25) is 0 Å². The molecule has 1 rings (SSSR count). The summed E-state index contributed by atoms with van der Waals surface area (Å²) in [4.78, 5) is 0.128. The lowest BCUT2D eigenvalue weighted by molar-refractivity contribution is -0.0275. The molecule has 0 fully saturated rings. The zero-order valence-corrected chi connectivity index (χ0v) is 30.8. The first-order chi connectivity index (χ1) is 23.1. The Balaban J connectivity index is 1.67. The van der Waals surface area contributed by atoms with Gasteiger partial charge in [-0.25, -0.2) is 0 Å². The fraction of sp³-hybridized carbons (Fsp3) is 0.806.